The minimum absolute atomic E-state index is 0.219. The summed E-state index contributed by atoms with van der Waals surface area (Å²) in [7, 11) is 0. The first-order valence-electron chi connectivity index (χ1n) is 6.91. The van der Waals surface area contributed by atoms with E-state index in [1.54, 1.807) is 6.07 Å². The normalized spacial score (nSPS) is 16.8. The Labute approximate surface area is 108 Å². The molecule has 0 aliphatic heterocycles. The summed E-state index contributed by atoms with van der Waals surface area (Å²) in [5.74, 6) is 1.24. The van der Waals surface area contributed by atoms with Crippen molar-refractivity contribution in [2.75, 3.05) is 13.2 Å². The minimum atomic E-state index is -0.219. The summed E-state index contributed by atoms with van der Waals surface area (Å²) in [5.41, 5.74) is 6.42. The number of nitrogens with two attached hydrogens (primary N) is 1. The second-order valence-electron chi connectivity index (χ2n) is 5.11. The average molecular weight is 251 g/mol. The zero-order valence-corrected chi connectivity index (χ0v) is 10.8. The molecule has 2 N–H and O–H groups in total. The number of benzene rings is 1. The number of rotatable bonds is 5. The number of hydrogen-bond acceptors (Lipinski definition) is 2. The minimum Gasteiger partial charge on any atom is -0.493 e. The molecule has 0 spiro atoms. The third-order valence-electron chi connectivity index (χ3n) is 3.64. The van der Waals surface area contributed by atoms with Crippen LogP contribution in [-0.2, 0) is 6.42 Å². The number of halogens is 1. The fourth-order valence-electron chi connectivity index (χ4n) is 2.60. The predicted octanol–water partition coefficient (Wildman–Crippen LogP) is 3.29. The Morgan fingerprint density at radius 2 is 2.00 bits per heavy atom. The van der Waals surface area contributed by atoms with E-state index in [-0.39, 0.29) is 5.82 Å². The fourth-order valence-corrected chi connectivity index (χ4v) is 2.60. The topological polar surface area (TPSA) is 35.2 Å². The lowest BCUT2D eigenvalue weighted by Crippen LogP contribution is -2.16. The number of ether oxygens (including phenoxy) is 1. The van der Waals surface area contributed by atoms with Crippen molar-refractivity contribution in [1.82, 2.24) is 0 Å². The van der Waals surface area contributed by atoms with Gasteiger partial charge in [0.15, 0.2) is 0 Å². The van der Waals surface area contributed by atoms with Crippen molar-refractivity contribution in [1.29, 1.82) is 0 Å². The highest BCUT2D eigenvalue weighted by molar-refractivity contribution is 5.34. The van der Waals surface area contributed by atoms with Crippen LogP contribution in [0.2, 0.25) is 0 Å². The van der Waals surface area contributed by atoms with Gasteiger partial charge in [-0.25, -0.2) is 4.39 Å². The summed E-state index contributed by atoms with van der Waals surface area (Å²) in [6, 6.07) is 4.71. The van der Waals surface area contributed by atoms with Gasteiger partial charge in [0.25, 0.3) is 0 Å². The first-order chi connectivity index (χ1) is 8.79. The summed E-state index contributed by atoms with van der Waals surface area (Å²) < 4.78 is 19.0. The standard InChI is InChI=1S/C15H22FNO/c16-14-6-7-15(13(10-14)8-9-17)18-11-12-4-2-1-3-5-12/h6-7,10,12H,1-5,8-9,11,17H2. The van der Waals surface area contributed by atoms with Gasteiger partial charge in [-0.1, -0.05) is 19.3 Å². The Hall–Kier alpha value is -1.09. The van der Waals surface area contributed by atoms with Crippen LogP contribution in [0.15, 0.2) is 18.2 Å². The van der Waals surface area contributed by atoms with E-state index in [1.165, 1.54) is 44.2 Å². The van der Waals surface area contributed by atoms with Crippen LogP contribution in [0.25, 0.3) is 0 Å². The lowest BCUT2D eigenvalue weighted by atomic mass is 9.90. The van der Waals surface area contributed by atoms with E-state index in [2.05, 4.69) is 0 Å². The molecular formula is C15H22FNO. The Bertz CT molecular complexity index is 375. The molecule has 100 valence electrons. The van der Waals surface area contributed by atoms with Crippen LogP contribution in [0.1, 0.15) is 37.7 Å². The molecule has 2 nitrogen and oxygen atoms in total. The van der Waals surface area contributed by atoms with E-state index in [0.29, 0.717) is 18.9 Å². The molecular weight excluding hydrogens is 229 g/mol. The zero-order chi connectivity index (χ0) is 12.8. The number of hydrogen-bond donors (Lipinski definition) is 1. The van der Waals surface area contributed by atoms with Gasteiger partial charge in [-0.15, -0.1) is 0 Å². The van der Waals surface area contributed by atoms with Gasteiger partial charge in [-0.05, 0) is 55.5 Å². The van der Waals surface area contributed by atoms with Crippen molar-refractivity contribution in [2.45, 2.75) is 38.5 Å². The maximum atomic E-state index is 13.2. The molecule has 1 aromatic carbocycles. The third kappa shape index (κ3) is 3.70. The van der Waals surface area contributed by atoms with Gasteiger partial charge in [-0.3, -0.25) is 0 Å². The Morgan fingerprint density at radius 3 is 2.72 bits per heavy atom. The van der Waals surface area contributed by atoms with Gasteiger partial charge in [0.05, 0.1) is 6.61 Å². The molecule has 18 heavy (non-hydrogen) atoms. The quantitative estimate of drug-likeness (QED) is 0.871. The van der Waals surface area contributed by atoms with E-state index in [1.807, 2.05) is 0 Å². The predicted molar refractivity (Wildman–Crippen MR) is 71.2 cm³/mol. The molecule has 0 aromatic heterocycles. The van der Waals surface area contributed by atoms with Crippen molar-refractivity contribution >= 4 is 0 Å². The van der Waals surface area contributed by atoms with Crippen molar-refractivity contribution < 1.29 is 9.13 Å². The van der Waals surface area contributed by atoms with Gasteiger partial charge >= 0.3 is 0 Å². The van der Waals surface area contributed by atoms with Crippen molar-refractivity contribution in [3.8, 4) is 5.75 Å². The van der Waals surface area contributed by atoms with E-state index in [0.717, 1.165) is 17.9 Å². The highest BCUT2D eigenvalue weighted by Crippen LogP contribution is 2.26. The summed E-state index contributed by atoms with van der Waals surface area (Å²) >= 11 is 0. The van der Waals surface area contributed by atoms with Crippen molar-refractivity contribution in [2.24, 2.45) is 11.7 Å². The third-order valence-corrected chi connectivity index (χ3v) is 3.64. The first kappa shape index (κ1) is 13.3. The molecule has 0 saturated heterocycles. The molecule has 0 bridgehead atoms. The van der Waals surface area contributed by atoms with Gasteiger partial charge in [0, 0.05) is 0 Å². The summed E-state index contributed by atoms with van der Waals surface area (Å²) in [4.78, 5) is 0. The lowest BCUT2D eigenvalue weighted by Gasteiger charge is -2.22. The molecule has 2 rings (SSSR count). The molecule has 3 heteroatoms. The van der Waals surface area contributed by atoms with Crippen LogP contribution in [0, 0.1) is 11.7 Å². The maximum absolute atomic E-state index is 13.2. The van der Waals surface area contributed by atoms with Crippen LogP contribution in [-0.4, -0.2) is 13.2 Å². The van der Waals surface area contributed by atoms with Crippen LogP contribution >= 0.6 is 0 Å². The van der Waals surface area contributed by atoms with Gasteiger partial charge in [0.1, 0.15) is 11.6 Å². The second kappa shape index (κ2) is 6.74. The Morgan fingerprint density at radius 1 is 1.22 bits per heavy atom. The van der Waals surface area contributed by atoms with E-state index in [4.69, 9.17) is 10.5 Å². The Kier molecular flexibility index (Phi) is 5.00. The second-order valence-corrected chi connectivity index (χ2v) is 5.11. The largest absolute Gasteiger partial charge is 0.493 e. The first-order valence-corrected chi connectivity index (χ1v) is 6.91. The lowest BCUT2D eigenvalue weighted by molar-refractivity contribution is 0.207. The molecule has 0 amide bonds. The molecule has 0 unspecified atom stereocenters. The van der Waals surface area contributed by atoms with Gasteiger partial charge < -0.3 is 10.5 Å². The van der Waals surface area contributed by atoms with E-state index in [9.17, 15) is 4.39 Å². The van der Waals surface area contributed by atoms with Crippen molar-refractivity contribution in [3.05, 3.63) is 29.6 Å². The molecule has 1 aliphatic rings. The van der Waals surface area contributed by atoms with Gasteiger partial charge in [0.2, 0.25) is 0 Å². The highest BCUT2D eigenvalue weighted by Gasteiger charge is 2.15. The molecule has 1 aromatic rings. The fraction of sp³-hybridized carbons (Fsp3) is 0.600. The van der Waals surface area contributed by atoms with Crippen LogP contribution < -0.4 is 10.5 Å². The highest BCUT2D eigenvalue weighted by atomic mass is 19.1. The van der Waals surface area contributed by atoms with Gasteiger partial charge in [-0.2, -0.15) is 0 Å². The van der Waals surface area contributed by atoms with Crippen molar-refractivity contribution in [3.63, 3.8) is 0 Å². The van der Waals surface area contributed by atoms with Crippen LogP contribution in [0.3, 0.4) is 0 Å². The molecule has 1 aliphatic carbocycles. The SMILES string of the molecule is NCCc1cc(F)ccc1OCC1CCCCC1. The summed E-state index contributed by atoms with van der Waals surface area (Å²) in [6.07, 6.45) is 7.16. The van der Waals surface area contributed by atoms with Crippen LogP contribution in [0.5, 0.6) is 5.75 Å². The Balaban J connectivity index is 1.94. The molecule has 0 atom stereocenters. The maximum Gasteiger partial charge on any atom is 0.123 e. The molecule has 1 fully saturated rings. The average Bonchev–Trinajstić information content (AvgIpc) is 2.39. The summed E-state index contributed by atoms with van der Waals surface area (Å²) in [5, 5.41) is 0. The molecule has 0 heterocycles. The zero-order valence-electron chi connectivity index (χ0n) is 10.8. The molecule has 0 radical (unpaired) electrons. The molecule has 1 saturated carbocycles. The van der Waals surface area contributed by atoms with Crippen LogP contribution in [0.4, 0.5) is 4.39 Å². The van der Waals surface area contributed by atoms with E-state index >= 15 is 0 Å². The smallest absolute Gasteiger partial charge is 0.123 e. The van der Waals surface area contributed by atoms with E-state index < -0.39 is 0 Å². The summed E-state index contributed by atoms with van der Waals surface area (Å²) in [6.45, 7) is 1.27. The monoisotopic (exact) mass is 251 g/mol.